The Hall–Kier alpha value is -1.29. The molecule has 0 radical (unpaired) electrons. The van der Waals surface area contributed by atoms with Gasteiger partial charge in [-0.15, -0.1) is 11.8 Å². The number of hydrogen-bond acceptors (Lipinski definition) is 3. The fourth-order valence-corrected chi connectivity index (χ4v) is 2.19. The summed E-state index contributed by atoms with van der Waals surface area (Å²) in [5.74, 6) is 2.73. The van der Waals surface area contributed by atoms with Crippen LogP contribution in [0, 0.1) is 0 Å². The van der Waals surface area contributed by atoms with Crippen LogP contribution in [0.5, 0.6) is 0 Å². The summed E-state index contributed by atoms with van der Waals surface area (Å²) in [6, 6.07) is 10.3. The van der Waals surface area contributed by atoms with Crippen LogP contribution in [-0.2, 0) is 12.2 Å². The van der Waals surface area contributed by atoms with E-state index in [1.807, 2.05) is 18.2 Å². The molecule has 0 atom stereocenters. The van der Waals surface area contributed by atoms with Gasteiger partial charge >= 0.3 is 0 Å². The Bertz CT molecular complexity index is 425. The Balaban J connectivity index is 1.89. The first-order chi connectivity index (χ1) is 7.88. The Morgan fingerprint density at radius 1 is 1.25 bits per heavy atom. The van der Waals surface area contributed by atoms with E-state index < -0.39 is 0 Å². The highest BCUT2D eigenvalue weighted by molar-refractivity contribution is 7.98. The summed E-state index contributed by atoms with van der Waals surface area (Å²) in [4.78, 5) is 5.69. The predicted octanol–water partition coefficient (Wildman–Crippen LogP) is 3.05. The Labute approximate surface area is 99.7 Å². The fraction of sp³-hybridized carbons (Fsp3) is 0.333. The molecule has 0 fully saturated rings. The lowest BCUT2D eigenvalue weighted by Crippen LogP contribution is -1.86. The van der Waals surface area contributed by atoms with Gasteiger partial charge in [0.05, 0.1) is 5.75 Å². The number of aromatic nitrogens is 3. The smallest absolute Gasteiger partial charge is 0.150 e. The highest BCUT2D eigenvalue weighted by atomic mass is 32.2. The van der Waals surface area contributed by atoms with E-state index in [0.29, 0.717) is 0 Å². The van der Waals surface area contributed by atoms with E-state index in [1.54, 1.807) is 11.8 Å². The van der Waals surface area contributed by atoms with Gasteiger partial charge in [0.15, 0.2) is 5.82 Å². The van der Waals surface area contributed by atoms with Crippen LogP contribution in [0.25, 0.3) is 0 Å². The molecule has 0 saturated carbocycles. The third-order valence-corrected chi connectivity index (χ3v) is 3.19. The van der Waals surface area contributed by atoms with Gasteiger partial charge in [-0.3, -0.25) is 5.10 Å². The van der Waals surface area contributed by atoms with Crippen molar-refractivity contribution in [2.45, 2.75) is 30.4 Å². The molecule has 84 valence electrons. The molecule has 1 heterocycles. The van der Waals surface area contributed by atoms with Gasteiger partial charge in [-0.25, -0.2) is 4.98 Å². The quantitative estimate of drug-likeness (QED) is 0.807. The van der Waals surface area contributed by atoms with E-state index in [-0.39, 0.29) is 0 Å². The number of nitrogens with one attached hydrogen (secondary N) is 1. The normalized spacial score (nSPS) is 10.6. The Morgan fingerprint density at radius 3 is 2.81 bits per heavy atom. The van der Waals surface area contributed by atoms with E-state index in [1.165, 1.54) is 4.90 Å². The first kappa shape index (κ1) is 11.2. The minimum atomic E-state index is 0.848. The molecular weight excluding hydrogens is 218 g/mol. The van der Waals surface area contributed by atoms with Crippen molar-refractivity contribution in [2.75, 3.05) is 0 Å². The molecule has 0 aliphatic rings. The second kappa shape index (κ2) is 5.70. The molecular formula is C12H15N3S. The monoisotopic (exact) mass is 233 g/mol. The zero-order valence-electron chi connectivity index (χ0n) is 9.31. The Kier molecular flexibility index (Phi) is 3.99. The number of H-pyrrole nitrogens is 1. The van der Waals surface area contributed by atoms with Crippen LogP contribution >= 0.6 is 11.8 Å². The summed E-state index contributed by atoms with van der Waals surface area (Å²) >= 11 is 1.77. The molecule has 0 aliphatic carbocycles. The maximum absolute atomic E-state index is 4.43. The van der Waals surface area contributed by atoms with Gasteiger partial charge in [-0.2, -0.15) is 5.10 Å². The van der Waals surface area contributed by atoms with Crippen molar-refractivity contribution in [3.8, 4) is 0 Å². The van der Waals surface area contributed by atoms with Crippen molar-refractivity contribution in [1.29, 1.82) is 0 Å². The average molecular weight is 233 g/mol. The second-order valence-electron chi connectivity index (χ2n) is 3.55. The Morgan fingerprint density at radius 2 is 2.06 bits per heavy atom. The number of aromatic amines is 1. The van der Waals surface area contributed by atoms with Crippen LogP contribution in [-0.4, -0.2) is 15.2 Å². The van der Waals surface area contributed by atoms with Gasteiger partial charge < -0.3 is 0 Å². The van der Waals surface area contributed by atoms with Crippen LogP contribution in [0.3, 0.4) is 0 Å². The van der Waals surface area contributed by atoms with Crippen molar-refractivity contribution in [1.82, 2.24) is 15.2 Å². The molecule has 4 heteroatoms. The zero-order chi connectivity index (χ0) is 11.2. The highest BCUT2D eigenvalue weighted by Crippen LogP contribution is 2.20. The van der Waals surface area contributed by atoms with Crippen LogP contribution in [0.4, 0.5) is 0 Å². The topological polar surface area (TPSA) is 41.6 Å². The molecule has 3 nitrogen and oxygen atoms in total. The lowest BCUT2D eigenvalue weighted by atomic mass is 10.3. The van der Waals surface area contributed by atoms with Crippen molar-refractivity contribution < 1.29 is 0 Å². The maximum Gasteiger partial charge on any atom is 0.150 e. The third-order valence-electron chi connectivity index (χ3n) is 2.17. The number of thioether (sulfide) groups is 1. The molecule has 16 heavy (non-hydrogen) atoms. The molecule has 1 aromatic heterocycles. The van der Waals surface area contributed by atoms with Crippen LogP contribution in [0.15, 0.2) is 35.2 Å². The fourth-order valence-electron chi connectivity index (χ4n) is 1.40. The SMILES string of the molecule is CCCc1n[nH]c(CSc2ccccc2)n1. The highest BCUT2D eigenvalue weighted by Gasteiger charge is 2.02. The van der Waals surface area contributed by atoms with E-state index in [2.05, 4.69) is 34.2 Å². The lowest BCUT2D eigenvalue weighted by Gasteiger charge is -1.97. The molecule has 0 aliphatic heterocycles. The van der Waals surface area contributed by atoms with Crippen molar-refractivity contribution in [3.05, 3.63) is 42.0 Å². The summed E-state index contributed by atoms with van der Waals surface area (Å²) in [6.45, 7) is 2.13. The summed E-state index contributed by atoms with van der Waals surface area (Å²) in [5, 5.41) is 7.15. The molecule has 2 rings (SSSR count). The first-order valence-electron chi connectivity index (χ1n) is 5.46. The maximum atomic E-state index is 4.43. The van der Waals surface area contributed by atoms with Crippen LogP contribution in [0.1, 0.15) is 25.0 Å². The third kappa shape index (κ3) is 3.10. The van der Waals surface area contributed by atoms with Gasteiger partial charge in [-0.1, -0.05) is 25.1 Å². The summed E-state index contributed by atoms with van der Waals surface area (Å²) < 4.78 is 0. The second-order valence-corrected chi connectivity index (χ2v) is 4.60. The number of hydrogen-bond donors (Lipinski definition) is 1. The number of aryl methyl sites for hydroxylation is 1. The van der Waals surface area contributed by atoms with Gasteiger partial charge in [0.2, 0.25) is 0 Å². The zero-order valence-corrected chi connectivity index (χ0v) is 10.1. The summed E-state index contributed by atoms with van der Waals surface area (Å²) in [7, 11) is 0. The predicted molar refractivity (Wildman–Crippen MR) is 66.4 cm³/mol. The molecule has 1 N–H and O–H groups in total. The largest absolute Gasteiger partial charge is 0.262 e. The van der Waals surface area contributed by atoms with E-state index >= 15 is 0 Å². The molecule has 0 bridgehead atoms. The van der Waals surface area contributed by atoms with Gasteiger partial charge in [0.1, 0.15) is 5.82 Å². The minimum Gasteiger partial charge on any atom is -0.262 e. The molecule has 0 amide bonds. The lowest BCUT2D eigenvalue weighted by molar-refractivity contribution is 0.841. The molecule has 2 aromatic rings. The van der Waals surface area contributed by atoms with Crippen molar-refractivity contribution in [3.63, 3.8) is 0 Å². The average Bonchev–Trinajstić information content (AvgIpc) is 2.76. The van der Waals surface area contributed by atoms with Gasteiger partial charge in [0.25, 0.3) is 0 Å². The van der Waals surface area contributed by atoms with Crippen molar-refractivity contribution in [2.24, 2.45) is 0 Å². The summed E-state index contributed by atoms with van der Waals surface area (Å²) in [6.07, 6.45) is 2.04. The minimum absolute atomic E-state index is 0.848. The van der Waals surface area contributed by atoms with E-state index in [0.717, 1.165) is 30.2 Å². The molecule has 0 unspecified atom stereocenters. The van der Waals surface area contributed by atoms with E-state index in [9.17, 15) is 0 Å². The van der Waals surface area contributed by atoms with Gasteiger partial charge in [-0.05, 0) is 18.6 Å². The first-order valence-corrected chi connectivity index (χ1v) is 6.45. The van der Waals surface area contributed by atoms with E-state index in [4.69, 9.17) is 0 Å². The standard InChI is InChI=1S/C12H15N3S/c1-2-6-11-13-12(15-14-11)9-16-10-7-4-3-5-8-10/h3-5,7-8H,2,6,9H2,1H3,(H,13,14,15). The van der Waals surface area contributed by atoms with Gasteiger partial charge in [0, 0.05) is 11.3 Å². The summed E-state index contributed by atoms with van der Waals surface area (Å²) in [5.41, 5.74) is 0. The van der Waals surface area contributed by atoms with Crippen LogP contribution in [0.2, 0.25) is 0 Å². The number of nitrogens with zero attached hydrogens (tertiary/aromatic N) is 2. The van der Waals surface area contributed by atoms with Crippen LogP contribution < -0.4 is 0 Å². The number of rotatable bonds is 5. The number of benzene rings is 1. The molecule has 0 spiro atoms. The molecule has 1 aromatic carbocycles. The van der Waals surface area contributed by atoms with Crippen molar-refractivity contribution >= 4 is 11.8 Å². The molecule has 0 saturated heterocycles.